The van der Waals surface area contributed by atoms with Gasteiger partial charge in [-0.15, -0.1) is 0 Å². The van der Waals surface area contributed by atoms with Crippen LogP contribution in [0.5, 0.6) is 5.75 Å². The second kappa shape index (κ2) is 8.40. The molecule has 0 bridgehead atoms. The van der Waals surface area contributed by atoms with Crippen LogP contribution in [0, 0.1) is 9.39 Å². The number of nitrogens with zero attached hydrogens (tertiary/aromatic N) is 1. The van der Waals surface area contributed by atoms with Crippen LogP contribution in [0.25, 0.3) is 0 Å². The van der Waals surface area contributed by atoms with E-state index < -0.39 is 16.8 Å². The molecule has 2 N–H and O–H groups in total. The molecule has 10 heteroatoms. The smallest absolute Gasteiger partial charge is 0.255 e. The summed E-state index contributed by atoms with van der Waals surface area (Å²) >= 11 is 3.43. The highest BCUT2D eigenvalue weighted by Crippen LogP contribution is 2.34. The molecule has 2 aromatic heterocycles. The number of hydrogen-bond acceptors (Lipinski definition) is 5. The Kier molecular flexibility index (Phi) is 6.17. The molecule has 0 amide bonds. The van der Waals surface area contributed by atoms with Crippen molar-refractivity contribution in [2.24, 2.45) is 7.05 Å². The highest BCUT2D eigenvalue weighted by Gasteiger charge is 2.19. The number of benzene rings is 1. The number of anilines is 3. The van der Waals surface area contributed by atoms with Gasteiger partial charge in [-0.2, -0.15) is 11.3 Å². The number of thiophene rings is 1. The maximum absolute atomic E-state index is 14.3. The van der Waals surface area contributed by atoms with Crippen LogP contribution in [0.15, 0.2) is 50.8 Å². The highest BCUT2D eigenvalue weighted by molar-refractivity contribution is 14.1. The number of rotatable bonds is 6. The quantitative estimate of drug-likeness (QED) is 0.482. The van der Waals surface area contributed by atoms with Gasteiger partial charge in [0.15, 0.2) is 16.7 Å². The Morgan fingerprint density at radius 2 is 2.07 bits per heavy atom. The van der Waals surface area contributed by atoms with Crippen LogP contribution in [0.1, 0.15) is 0 Å². The first-order chi connectivity index (χ1) is 12.9. The zero-order valence-corrected chi connectivity index (χ0v) is 18.1. The van der Waals surface area contributed by atoms with Crippen molar-refractivity contribution >= 4 is 62.1 Å². The topological polar surface area (TPSA) is 72.4 Å². The molecule has 0 fully saturated rings. The van der Waals surface area contributed by atoms with E-state index in [1.165, 1.54) is 42.2 Å². The van der Waals surface area contributed by atoms with Gasteiger partial charge in [-0.1, -0.05) is 0 Å². The molecular formula is C17H15FIN3O3S2. The average Bonchev–Trinajstić information content (AvgIpc) is 3.17. The van der Waals surface area contributed by atoms with Crippen molar-refractivity contribution in [3.05, 3.63) is 60.8 Å². The lowest BCUT2D eigenvalue weighted by atomic mass is 10.3. The van der Waals surface area contributed by atoms with E-state index in [0.717, 1.165) is 3.57 Å². The Labute approximate surface area is 175 Å². The monoisotopic (exact) mass is 519 g/mol. The predicted octanol–water partition coefficient (Wildman–Crippen LogP) is 4.08. The number of ether oxygens (including phenoxy) is 1. The van der Waals surface area contributed by atoms with Crippen LogP contribution in [-0.4, -0.2) is 15.9 Å². The highest BCUT2D eigenvalue weighted by atomic mass is 127. The molecule has 1 atom stereocenters. The summed E-state index contributed by atoms with van der Waals surface area (Å²) in [5, 5.41) is 6.48. The maximum Gasteiger partial charge on any atom is 0.255 e. The van der Waals surface area contributed by atoms with Crippen molar-refractivity contribution in [3.8, 4) is 5.75 Å². The molecule has 142 valence electrons. The van der Waals surface area contributed by atoms with Crippen molar-refractivity contribution in [2.75, 3.05) is 17.1 Å². The zero-order valence-electron chi connectivity index (χ0n) is 14.3. The van der Waals surface area contributed by atoms with Crippen LogP contribution in [0.4, 0.5) is 21.6 Å². The summed E-state index contributed by atoms with van der Waals surface area (Å²) in [7, 11) is 1.36. The molecule has 2 heterocycles. The Bertz CT molecular complexity index is 1050. The molecule has 0 saturated heterocycles. The van der Waals surface area contributed by atoms with Crippen molar-refractivity contribution in [1.82, 2.24) is 4.57 Å². The molecule has 0 aliphatic carbocycles. The lowest BCUT2D eigenvalue weighted by molar-refractivity contribution is 0.415. The standard InChI is InChI=1S/C17H15FIN3O3S2/c1-22-15(23)8-14(25-2)16(21-27(24)11-5-6-26-9-11)17(22)20-13-4-3-10(19)7-12(13)18/h3-9,20-21H,1-2H3. The normalized spacial score (nSPS) is 11.9. The predicted molar refractivity (Wildman–Crippen MR) is 115 cm³/mol. The van der Waals surface area contributed by atoms with E-state index in [2.05, 4.69) is 10.0 Å². The van der Waals surface area contributed by atoms with Gasteiger partial charge in [0.25, 0.3) is 5.56 Å². The van der Waals surface area contributed by atoms with Crippen molar-refractivity contribution in [1.29, 1.82) is 0 Å². The number of aromatic nitrogens is 1. The van der Waals surface area contributed by atoms with E-state index in [-0.39, 0.29) is 22.8 Å². The molecule has 0 aliphatic rings. The molecule has 3 rings (SSSR count). The van der Waals surface area contributed by atoms with Gasteiger partial charge in [0.05, 0.1) is 17.7 Å². The molecule has 0 saturated carbocycles. The van der Waals surface area contributed by atoms with E-state index >= 15 is 0 Å². The third kappa shape index (κ3) is 4.33. The molecule has 1 aromatic carbocycles. The first kappa shape index (κ1) is 19.8. The van der Waals surface area contributed by atoms with E-state index in [4.69, 9.17) is 4.74 Å². The molecular weight excluding hydrogens is 504 g/mol. The average molecular weight is 519 g/mol. The van der Waals surface area contributed by atoms with Crippen LogP contribution in [-0.2, 0) is 18.0 Å². The van der Waals surface area contributed by atoms with Crippen molar-refractivity contribution < 1.29 is 13.3 Å². The Hall–Kier alpha value is -1.92. The van der Waals surface area contributed by atoms with E-state index in [1.807, 2.05) is 28.0 Å². The lowest BCUT2D eigenvalue weighted by Crippen LogP contribution is -2.22. The second-order valence-electron chi connectivity index (χ2n) is 5.41. The Morgan fingerprint density at radius 3 is 2.70 bits per heavy atom. The molecule has 0 radical (unpaired) electrons. The Morgan fingerprint density at radius 1 is 1.30 bits per heavy atom. The van der Waals surface area contributed by atoms with Gasteiger partial charge in [0, 0.05) is 22.1 Å². The van der Waals surface area contributed by atoms with E-state index in [1.54, 1.807) is 23.6 Å². The largest absolute Gasteiger partial charge is 0.494 e. The summed E-state index contributed by atoms with van der Waals surface area (Å²) in [6.45, 7) is 0. The van der Waals surface area contributed by atoms with Gasteiger partial charge in [-0.25, -0.2) is 8.60 Å². The number of halogens is 2. The zero-order chi connectivity index (χ0) is 19.6. The molecule has 6 nitrogen and oxygen atoms in total. The summed E-state index contributed by atoms with van der Waals surface area (Å²) in [6.07, 6.45) is 0. The fourth-order valence-electron chi connectivity index (χ4n) is 2.31. The lowest BCUT2D eigenvalue weighted by Gasteiger charge is -2.19. The van der Waals surface area contributed by atoms with Gasteiger partial charge < -0.3 is 10.1 Å². The minimum absolute atomic E-state index is 0.183. The Balaban J connectivity index is 2.09. The molecule has 0 aliphatic heterocycles. The molecule has 1 unspecified atom stereocenters. The summed E-state index contributed by atoms with van der Waals surface area (Å²) in [5.41, 5.74) is 0.122. The third-order valence-electron chi connectivity index (χ3n) is 3.71. The minimum Gasteiger partial charge on any atom is -0.494 e. The minimum atomic E-state index is -1.58. The number of pyridine rings is 1. The number of methoxy groups -OCH3 is 1. The second-order valence-corrected chi connectivity index (χ2v) is 8.65. The van der Waals surface area contributed by atoms with Gasteiger partial charge >= 0.3 is 0 Å². The van der Waals surface area contributed by atoms with Gasteiger partial charge in [-0.05, 0) is 52.2 Å². The van der Waals surface area contributed by atoms with Gasteiger partial charge in [0.1, 0.15) is 17.3 Å². The first-order valence-corrected chi connectivity index (χ1v) is 10.8. The summed E-state index contributed by atoms with van der Waals surface area (Å²) in [5.74, 6) is -0.0276. The van der Waals surface area contributed by atoms with Crippen molar-refractivity contribution in [2.45, 2.75) is 4.90 Å². The van der Waals surface area contributed by atoms with Crippen LogP contribution < -0.4 is 20.3 Å². The first-order valence-electron chi connectivity index (χ1n) is 7.61. The number of hydrogen-bond donors (Lipinski definition) is 2. The van der Waals surface area contributed by atoms with Crippen LogP contribution >= 0.6 is 33.9 Å². The SMILES string of the molecule is COc1cc(=O)n(C)c(Nc2ccc(I)cc2F)c1NS(=O)c1ccsc1. The molecule has 27 heavy (non-hydrogen) atoms. The van der Waals surface area contributed by atoms with Crippen LogP contribution in [0.3, 0.4) is 0 Å². The molecule has 0 spiro atoms. The summed E-state index contributed by atoms with van der Waals surface area (Å²) in [6, 6.07) is 7.69. The maximum atomic E-state index is 14.3. The van der Waals surface area contributed by atoms with Gasteiger partial charge in [-0.3, -0.25) is 14.1 Å². The van der Waals surface area contributed by atoms with Gasteiger partial charge in [0.2, 0.25) is 0 Å². The summed E-state index contributed by atoms with van der Waals surface area (Å²) < 4.78 is 37.1. The number of nitrogens with one attached hydrogen (secondary N) is 2. The van der Waals surface area contributed by atoms with Crippen molar-refractivity contribution in [3.63, 3.8) is 0 Å². The van der Waals surface area contributed by atoms with Crippen LogP contribution in [0.2, 0.25) is 0 Å². The molecule has 3 aromatic rings. The third-order valence-corrected chi connectivity index (χ3v) is 6.29. The fourth-order valence-corrected chi connectivity index (χ4v) is 4.57. The van der Waals surface area contributed by atoms with E-state index in [0.29, 0.717) is 10.6 Å². The fraction of sp³-hybridized carbons (Fsp3) is 0.118. The summed E-state index contributed by atoms with van der Waals surface area (Å²) in [4.78, 5) is 12.8. The van der Waals surface area contributed by atoms with E-state index in [9.17, 15) is 13.4 Å².